The number of nitrogens with one attached hydrogen (secondary N) is 1. The van der Waals surface area contributed by atoms with Crippen molar-refractivity contribution in [3.8, 4) is 11.4 Å². The quantitative estimate of drug-likeness (QED) is 0.577. The highest BCUT2D eigenvalue weighted by atomic mass is 32.1. The van der Waals surface area contributed by atoms with Gasteiger partial charge in [0.1, 0.15) is 18.2 Å². The summed E-state index contributed by atoms with van der Waals surface area (Å²) < 4.78 is 20.5. The van der Waals surface area contributed by atoms with E-state index in [-0.39, 0.29) is 17.3 Å². The van der Waals surface area contributed by atoms with E-state index < -0.39 is 0 Å². The molecule has 0 saturated carbocycles. The smallest absolute Gasteiger partial charge is 0.258 e. The Bertz CT molecular complexity index is 1130. The zero-order valence-corrected chi connectivity index (χ0v) is 14.8. The predicted octanol–water partition coefficient (Wildman–Crippen LogP) is 4.06. The highest BCUT2D eigenvalue weighted by Gasteiger charge is 2.08. The van der Waals surface area contributed by atoms with Crippen molar-refractivity contribution in [1.29, 1.82) is 0 Å². The standard InChI is InChI=1S/C19H16FN3O2S/c1-2-17-21-15-4-3-13(9-16(15)22-17)23-7-5-14(10-18(23)24)25-11-12-6-8-26-19(12)20/h3-10H,2,11H2,1H3,(H,21,22). The van der Waals surface area contributed by atoms with Gasteiger partial charge in [0, 0.05) is 24.2 Å². The number of nitrogens with zero attached hydrogens (tertiary/aromatic N) is 2. The van der Waals surface area contributed by atoms with E-state index in [4.69, 9.17) is 4.74 Å². The third-order valence-corrected chi connectivity index (χ3v) is 4.85. The lowest BCUT2D eigenvalue weighted by Crippen LogP contribution is -2.16. The first-order valence-corrected chi connectivity index (χ1v) is 9.08. The van der Waals surface area contributed by atoms with E-state index in [1.165, 1.54) is 10.6 Å². The molecule has 0 fully saturated rings. The number of hydrogen-bond donors (Lipinski definition) is 1. The summed E-state index contributed by atoms with van der Waals surface area (Å²) in [5, 5.41) is 1.40. The molecular weight excluding hydrogens is 353 g/mol. The number of halogens is 1. The first-order chi connectivity index (χ1) is 12.6. The van der Waals surface area contributed by atoms with Gasteiger partial charge >= 0.3 is 0 Å². The maximum atomic E-state index is 13.4. The highest BCUT2D eigenvalue weighted by molar-refractivity contribution is 7.08. The lowest BCUT2D eigenvalue weighted by atomic mass is 10.2. The maximum Gasteiger partial charge on any atom is 0.258 e. The van der Waals surface area contributed by atoms with Gasteiger partial charge in [-0.25, -0.2) is 4.98 Å². The van der Waals surface area contributed by atoms with E-state index in [1.54, 1.807) is 23.7 Å². The van der Waals surface area contributed by atoms with E-state index >= 15 is 0 Å². The number of hydrogen-bond acceptors (Lipinski definition) is 4. The molecule has 0 radical (unpaired) electrons. The minimum atomic E-state index is -0.266. The minimum Gasteiger partial charge on any atom is -0.489 e. The van der Waals surface area contributed by atoms with Gasteiger partial charge in [0.25, 0.3) is 5.56 Å². The third-order valence-electron chi connectivity index (χ3n) is 4.11. The Morgan fingerprint density at radius 1 is 1.27 bits per heavy atom. The Balaban J connectivity index is 1.59. The van der Waals surface area contributed by atoms with Crippen LogP contribution in [-0.2, 0) is 13.0 Å². The molecule has 4 rings (SSSR count). The summed E-state index contributed by atoms with van der Waals surface area (Å²) in [6, 6.07) is 10.4. The van der Waals surface area contributed by atoms with Crippen molar-refractivity contribution in [1.82, 2.24) is 14.5 Å². The van der Waals surface area contributed by atoms with Crippen LogP contribution in [0.15, 0.2) is 52.8 Å². The Labute approximate surface area is 152 Å². The fourth-order valence-electron chi connectivity index (χ4n) is 2.71. The van der Waals surface area contributed by atoms with Crippen molar-refractivity contribution in [2.24, 2.45) is 0 Å². The number of thiophene rings is 1. The summed E-state index contributed by atoms with van der Waals surface area (Å²) in [5.41, 5.74) is 2.76. The molecule has 1 aromatic carbocycles. The Morgan fingerprint density at radius 2 is 2.15 bits per heavy atom. The topological polar surface area (TPSA) is 59.9 Å². The van der Waals surface area contributed by atoms with Crippen LogP contribution in [0, 0.1) is 5.13 Å². The number of rotatable bonds is 5. The SMILES string of the molecule is CCc1nc2ccc(-n3ccc(OCc4ccsc4F)cc3=O)cc2[nH]1. The van der Waals surface area contributed by atoms with Crippen molar-refractivity contribution in [2.75, 3.05) is 0 Å². The van der Waals surface area contributed by atoms with Gasteiger partial charge in [-0.1, -0.05) is 6.92 Å². The normalized spacial score (nSPS) is 11.2. The second kappa shape index (κ2) is 6.76. The summed E-state index contributed by atoms with van der Waals surface area (Å²) in [6.07, 6.45) is 2.47. The van der Waals surface area contributed by atoms with Gasteiger partial charge < -0.3 is 9.72 Å². The Kier molecular flexibility index (Phi) is 4.30. The maximum absolute atomic E-state index is 13.4. The molecule has 0 bridgehead atoms. The van der Waals surface area contributed by atoms with Crippen LogP contribution in [0.1, 0.15) is 18.3 Å². The molecule has 0 aliphatic heterocycles. The second-order valence-corrected chi connectivity index (χ2v) is 6.68. The van der Waals surface area contributed by atoms with Crippen LogP contribution in [0.2, 0.25) is 0 Å². The number of imidazole rings is 1. The van der Waals surface area contributed by atoms with Crippen molar-refractivity contribution in [3.63, 3.8) is 0 Å². The fourth-order valence-corrected chi connectivity index (χ4v) is 3.34. The zero-order chi connectivity index (χ0) is 18.1. The van der Waals surface area contributed by atoms with Crippen LogP contribution in [0.3, 0.4) is 0 Å². The largest absolute Gasteiger partial charge is 0.489 e. The van der Waals surface area contributed by atoms with Crippen LogP contribution < -0.4 is 10.3 Å². The van der Waals surface area contributed by atoms with Gasteiger partial charge in [0.15, 0.2) is 5.13 Å². The molecule has 0 amide bonds. The summed E-state index contributed by atoms with van der Waals surface area (Å²) in [7, 11) is 0. The van der Waals surface area contributed by atoms with Crippen LogP contribution in [0.25, 0.3) is 16.7 Å². The average molecular weight is 369 g/mol. The molecule has 132 valence electrons. The first-order valence-electron chi connectivity index (χ1n) is 8.20. The lowest BCUT2D eigenvalue weighted by molar-refractivity contribution is 0.300. The molecule has 3 heterocycles. The number of benzene rings is 1. The molecule has 0 aliphatic rings. The average Bonchev–Trinajstić information content (AvgIpc) is 3.24. The van der Waals surface area contributed by atoms with Crippen LogP contribution >= 0.6 is 11.3 Å². The van der Waals surface area contributed by atoms with Crippen LogP contribution in [0.4, 0.5) is 4.39 Å². The summed E-state index contributed by atoms with van der Waals surface area (Å²) in [5.74, 6) is 1.32. The lowest BCUT2D eigenvalue weighted by Gasteiger charge is -2.08. The van der Waals surface area contributed by atoms with Crippen molar-refractivity contribution in [3.05, 3.63) is 74.8 Å². The second-order valence-electron chi connectivity index (χ2n) is 5.82. The Morgan fingerprint density at radius 3 is 2.88 bits per heavy atom. The van der Waals surface area contributed by atoms with Gasteiger partial charge in [-0.05, 0) is 35.7 Å². The monoisotopic (exact) mass is 369 g/mol. The molecule has 4 aromatic rings. The van der Waals surface area contributed by atoms with Gasteiger partial charge in [0.05, 0.1) is 16.7 Å². The number of aryl methyl sites for hydroxylation is 1. The summed E-state index contributed by atoms with van der Waals surface area (Å²) >= 11 is 1.03. The fraction of sp³-hybridized carbons (Fsp3) is 0.158. The minimum absolute atomic E-state index is 0.0959. The highest BCUT2D eigenvalue weighted by Crippen LogP contribution is 2.19. The van der Waals surface area contributed by atoms with Crippen molar-refractivity contribution >= 4 is 22.4 Å². The predicted molar refractivity (Wildman–Crippen MR) is 99.7 cm³/mol. The molecule has 0 unspecified atom stereocenters. The molecule has 0 aliphatic carbocycles. The molecule has 0 atom stereocenters. The number of ether oxygens (including phenoxy) is 1. The summed E-state index contributed by atoms with van der Waals surface area (Å²) in [4.78, 5) is 20.2. The number of fused-ring (bicyclic) bond motifs is 1. The number of H-pyrrole nitrogens is 1. The van der Waals surface area contributed by atoms with Crippen LogP contribution in [-0.4, -0.2) is 14.5 Å². The number of aromatic amines is 1. The molecular formula is C19H16FN3O2S. The zero-order valence-electron chi connectivity index (χ0n) is 14.0. The molecule has 26 heavy (non-hydrogen) atoms. The molecule has 1 N–H and O–H groups in total. The van der Waals surface area contributed by atoms with Gasteiger partial charge in [-0.3, -0.25) is 9.36 Å². The molecule has 3 aromatic heterocycles. The number of aromatic nitrogens is 3. The third kappa shape index (κ3) is 3.13. The van der Waals surface area contributed by atoms with Gasteiger partial charge in [-0.15, -0.1) is 11.3 Å². The molecule has 0 saturated heterocycles. The first kappa shape index (κ1) is 16.5. The van der Waals surface area contributed by atoms with Crippen LogP contribution in [0.5, 0.6) is 5.75 Å². The Hall–Kier alpha value is -2.93. The van der Waals surface area contributed by atoms with Gasteiger partial charge in [0.2, 0.25) is 0 Å². The van der Waals surface area contributed by atoms with E-state index in [2.05, 4.69) is 9.97 Å². The van der Waals surface area contributed by atoms with E-state index in [9.17, 15) is 9.18 Å². The van der Waals surface area contributed by atoms with Crippen molar-refractivity contribution < 1.29 is 9.13 Å². The summed E-state index contributed by atoms with van der Waals surface area (Å²) in [6.45, 7) is 2.13. The van der Waals surface area contributed by atoms with Crippen molar-refractivity contribution in [2.45, 2.75) is 20.0 Å². The molecule has 5 nitrogen and oxygen atoms in total. The van der Waals surface area contributed by atoms with Gasteiger partial charge in [-0.2, -0.15) is 4.39 Å². The van der Waals surface area contributed by atoms with E-state index in [0.29, 0.717) is 11.3 Å². The molecule has 7 heteroatoms. The van der Waals surface area contributed by atoms with E-state index in [0.717, 1.165) is 40.3 Å². The number of pyridine rings is 1. The molecule has 0 spiro atoms. The van der Waals surface area contributed by atoms with E-state index in [1.807, 2.05) is 25.1 Å².